The Morgan fingerprint density at radius 3 is 2.18 bits per heavy atom. The average molecular weight is 383 g/mol. The molecular formula is C23H29NO4. The van der Waals surface area contributed by atoms with E-state index in [4.69, 9.17) is 9.47 Å². The number of alkyl carbamates (subject to hydrolysis) is 1. The van der Waals surface area contributed by atoms with E-state index in [1.165, 1.54) is 22.3 Å². The third-order valence-corrected chi connectivity index (χ3v) is 4.89. The molecule has 28 heavy (non-hydrogen) atoms. The molecule has 1 aliphatic carbocycles. The van der Waals surface area contributed by atoms with Crippen LogP contribution < -0.4 is 5.32 Å². The molecule has 1 amide bonds. The lowest BCUT2D eigenvalue weighted by Crippen LogP contribution is -2.35. The van der Waals surface area contributed by atoms with Crippen molar-refractivity contribution in [2.75, 3.05) is 26.4 Å². The van der Waals surface area contributed by atoms with Crippen molar-refractivity contribution in [3.05, 3.63) is 59.7 Å². The number of amides is 1. The Morgan fingerprint density at radius 1 is 1.07 bits per heavy atom. The summed E-state index contributed by atoms with van der Waals surface area (Å²) < 4.78 is 11.2. The number of ether oxygens (including phenoxy) is 2. The second-order valence-electron chi connectivity index (χ2n) is 8.18. The molecule has 2 aromatic carbocycles. The van der Waals surface area contributed by atoms with E-state index in [0.29, 0.717) is 13.2 Å². The van der Waals surface area contributed by atoms with Crippen molar-refractivity contribution in [2.45, 2.75) is 32.3 Å². The summed E-state index contributed by atoms with van der Waals surface area (Å²) in [7, 11) is 0. The van der Waals surface area contributed by atoms with Crippen LogP contribution in [0.4, 0.5) is 4.79 Å². The van der Waals surface area contributed by atoms with Gasteiger partial charge in [0, 0.05) is 25.0 Å². The molecule has 0 heterocycles. The van der Waals surface area contributed by atoms with Crippen LogP contribution in [0.5, 0.6) is 0 Å². The van der Waals surface area contributed by atoms with Crippen molar-refractivity contribution in [3.8, 4) is 11.1 Å². The Morgan fingerprint density at radius 2 is 1.64 bits per heavy atom. The fourth-order valence-corrected chi connectivity index (χ4v) is 3.42. The highest BCUT2D eigenvalue weighted by Crippen LogP contribution is 2.44. The molecule has 0 radical (unpaired) electrons. The Kier molecular flexibility index (Phi) is 6.37. The zero-order valence-electron chi connectivity index (χ0n) is 16.8. The number of aliphatic hydroxyl groups excluding tert-OH is 1. The number of carbonyl (C=O) groups excluding carboxylic acids is 1. The number of hydrogen-bond donors (Lipinski definition) is 2. The first-order chi connectivity index (χ1) is 13.4. The standard InChI is InChI=1S/C23H29NO4/c1-23(2,3)28-14-16(13-25)12-24-22(26)27-15-21-19-10-6-4-8-17(19)18-9-5-7-11-20(18)21/h4-11,16,21,25H,12-15H2,1-3H3,(H,24,26)/t16-/m0/s1. The topological polar surface area (TPSA) is 67.8 Å². The minimum atomic E-state index is -0.476. The lowest BCUT2D eigenvalue weighted by atomic mass is 9.98. The molecule has 3 rings (SSSR count). The predicted molar refractivity (Wildman–Crippen MR) is 109 cm³/mol. The summed E-state index contributed by atoms with van der Waals surface area (Å²) in [6.07, 6.45) is -0.476. The summed E-state index contributed by atoms with van der Waals surface area (Å²) in [5.41, 5.74) is 4.49. The first-order valence-corrected chi connectivity index (χ1v) is 9.72. The van der Waals surface area contributed by atoms with Crippen LogP contribution in [0.2, 0.25) is 0 Å². The zero-order valence-corrected chi connectivity index (χ0v) is 16.8. The molecule has 0 spiro atoms. The third kappa shape index (κ3) is 4.91. The number of aliphatic hydroxyl groups is 1. The van der Waals surface area contributed by atoms with E-state index < -0.39 is 6.09 Å². The quantitative estimate of drug-likeness (QED) is 0.760. The number of nitrogens with one attached hydrogen (secondary N) is 1. The van der Waals surface area contributed by atoms with Gasteiger partial charge in [0.25, 0.3) is 0 Å². The Hall–Kier alpha value is -2.37. The van der Waals surface area contributed by atoms with E-state index in [-0.39, 0.29) is 30.7 Å². The maximum absolute atomic E-state index is 12.2. The lowest BCUT2D eigenvalue weighted by Gasteiger charge is -2.23. The predicted octanol–water partition coefficient (Wildman–Crippen LogP) is 3.95. The van der Waals surface area contributed by atoms with E-state index >= 15 is 0 Å². The number of fused-ring (bicyclic) bond motifs is 3. The molecule has 0 unspecified atom stereocenters. The van der Waals surface area contributed by atoms with E-state index in [1.807, 2.05) is 45.0 Å². The number of carbonyl (C=O) groups is 1. The fraction of sp³-hybridized carbons (Fsp3) is 0.435. The van der Waals surface area contributed by atoms with Gasteiger partial charge in [-0.05, 0) is 43.0 Å². The van der Waals surface area contributed by atoms with Crippen LogP contribution in [0.25, 0.3) is 11.1 Å². The largest absolute Gasteiger partial charge is 0.449 e. The molecule has 150 valence electrons. The van der Waals surface area contributed by atoms with E-state index in [0.717, 1.165) is 0 Å². The van der Waals surface area contributed by atoms with E-state index in [2.05, 4.69) is 29.6 Å². The van der Waals surface area contributed by atoms with Crippen LogP contribution in [0.15, 0.2) is 48.5 Å². The summed E-state index contributed by atoms with van der Waals surface area (Å²) in [4.78, 5) is 12.2. The Labute approximate surface area is 166 Å². The SMILES string of the molecule is CC(C)(C)OC[C@H](CO)CNC(=O)OCC1c2ccccc2-c2ccccc21. The molecule has 5 heteroatoms. The molecule has 0 bridgehead atoms. The fourth-order valence-electron chi connectivity index (χ4n) is 3.42. The number of hydrogen-bond acceptors (Lipinski definition) is 4. The van der Waals surface area contributed by atoms with Crippen molar-refractivity contribution in [3.63, 3.8) is 0 Å². The molecule has 0 saturated heterocycles. The number of benzene rings is 2. The summed E-state index contributed by atoms with van der Waals surface area (Å²) >= 11 is 0. The summed E-state index contributed by atoms with van der Waals surface area (Å²) in [5, 5.41) is 12.2. The minimum absolute atomic E-state index is 0.0380. The first-order valence-electron chi connectivity index (χ1n) is 9.72. The van der Waals surface area contributed by atoms with Crippen molar-refractivity contribution in [1.82, 2.24) is 5.32 Å². The van der Waals surface area contributed by atoms with Crippen LogP contribution >= 0.6 is 0 Å². The molecule has 0 saturated carbocycles. The van der Waals surface area contributed by atoms with Crippen molar-refractivity contribution >= 4 is 6.09 Å². The van der Waals surface area contributed by atoms with E-state index in [1.54, 1.807) is 0 Å². The lowest BCUT2D eigenvalue weighted by molar-refractivity contribution is -0.0303. The second kappa shape index (κ2) is 8.76. The highest BCUT2D eigenvalue weighted by atomic mass is 16.5. The first kappa shape index (κ1) is 20.4. The highest BCUT2D eigenvalue weighted by molar-refractivity contribution is 5.79. The van der Waals surface area contributed by atoms with Gasteiger partial charge in [0.1, 0.15) is 6.61 Å². The van der Waals surface area contributed by atoms with Crippen LogP contribution in [-0.4, -0.2) is 43.2 Å². The third-order valence-electron chi connectivity index (χ3n) is 4.89. The monoisotopic (exact) mass is 383 g/mol. The summed E-state index contributed by atoms with van der Waals surface area (Å²) in [5.74, 6) is -0.129. The summed E-state index contributed by atoms with van der Waals surface area (Å²) in [6, 6.07) is 16.5. The highest BCUT2D eigenvalue weighted by Gasteiger charge is 2.29. The average Bonchev–Trinajstić information content (AvgIpc) is 2.99. The molecule has 5 nitrogen and oxygen atoms in total. The van der Waals surface area contributed by atoms with Crippen LogP contribution in [0.3, 0.4) is 0 Å². The van der Waals surface area contributed by atoms with Crippen molar-refractivity contribution < 1.29 is 19.4 Å². The Balaban J connectivity index is 1.55. The molecular weight excluding hydrogens is 354 g/mol. The normalized spacial score (nSPS) is 14.3. The minimum Gasteiger partial charge on any atom is -0.449 e. The van der Waals surface area contributed by atoms with Gasteiger partial charge in [-0.3, -0.25) is 0 Å². The zero-order chi connectivity index (χ0) is 20.1. The van der Waals surface area contributed by atoms with Crippen molar-refractivity contribution in [1.29, 1.82) is 0 Å². The Bertz CT molecular complexity index is 767. The maximum Gasteiger partial charge on any atom is 0.407 e. The van der Waals surface area contributed by atoms with Gasteiger partial charge in [-0.2, -0.15) is 0 Å². The van der Waals surface area contributed by atoms with Gasteiger partial charge < -0.3 is 19.9 Å². The molecule has 1 atom stereocenters. The molecule has 0 aromatic heterocycles. The van der Waals surface area contributed by atoms with Gasteiger partial charge in [-0.15, -0.1) is 0 Å². The van der Waals surface area contributed by atoms with Gasteiger partial charge in [-0.1, -0.05) is 48.5 Å². The van der Waals surface area contributed by atoms with Crippen molar-refractivity contribution in [2.24, 2.45) is 5.92 Å². The molecule has 2 N–H and O–H groups in total. The van der Waals surface area contributed by atoms with Crippen LogP contribution in [0.1, 0.15) is 37.8 Å². The van der Waals surface area contributed by atoms with Crippen LogP contribution in [-0.2, 0) is 9.47 Å². The van der Waals surface area contributed by atoms with Gasteiger partial charge in [0.05, 0.1) is 12.2 Å². The van der Waals surface area contributed by atoms with Gasteiger partial charge in [0.15, 0.2) is 0 Å². The van der Waals surface area contributed by atoms with Gasteiger partial charge >= 0.3 is 6.09 Å². The molecule has 1 aliphatic rings. The molecule has 2 aromatic rings. The van der Waals surface area contributed by atoms with Gasteiger partial charge in [0.2, 0.25) is 0 Å². The number of rotatable bonds is 7. The summed E-state index contributed by atoms with van der Waals surface area (Å²) in [6.45, 7) is 6.79. The smallest absolute Gasteiger partial charge is 0.407 e. The van der Waals surface area contributed by atoms with Crippen LogP contribution in [0, 0.1) is 5.92 Å². The van der Waals surface area contributed by atoms with E-state index in [9.17, 15) is 9.90 Å². The maximum atomic E-state index is 12.2. The molecule has 0 aliphatic heterocycles. The van der Waals surface area contributed by atoms with Gasteiger partial charge in [-0.25, -0.2) is 4.79 Å². The molecule has 0 fully saturated rings. The second-order valence-corrected chi connectivity index (χ2v) is 8.18.